The molecule has 2 aromatic carbocycles. The van der Waals surface area contributed by atoms with Gasteiger partial charge in [-0.3, -0.25) is 0 Å². The Balaban J connectivity index is 1.80. The third-order valence-corrected chi connectivity index (χ3v) is 5.35. The fourth-order valence-corrected chi connectivity index (χ4v) is 4.11. The second-order valence-electron chi connectivity index (χ2n) is 6.95. The molecule has 1 aliphatic carbocycles. The van der Waals surface area contributed by atoms with Crippen LogP contribution in [0, 0.1) is 10.1 Å². The van der Waals surface area contributed by atoms with E-state index in [1.165, 1.54) is 0 Å². The highest BCUT2D eigenvalue weighted by Crippen LogP contribution is 2.45. The second-order valence-corrected chi connectivity index (χ2v) is 6.95. The van der Waals surface area contributed by atoms with Crippen molar-refractivity contribution in [2.75, 3.05) is 5.06 Å². The highest BCUT2D eigenvalue weighted by Gasteiger charge is 2.38. The second kappa shape index (κ2) is 5.78. The lowest BCUT2D eigenvalue weighted by Crippen LogP contribution is -2.27. The number of allylic oxidation sites excluding steroid dienone is 2. The van der Waals surface area contributed by atoms with Crippen LogP contribution in [0.15, 0.2) is 71.1 Å². The molecule has 4 nitrogen and oxygen atoms in total. The molecule has 0 amide bonds. The maximum atomic E-state index is 13.3. The van der Waals surface area contributed by atoms with Gasteiger partial charge in [-0.1, -0.05) is 30.3 Å². The SMILES string of the molecule is O=[N+]1C2=C3C(=Cc4ccccc4N3[O-])CCCCC2=Cc2ccccc21. The van der Waals surface area contributed by atoms with Crippen molar-refractivity contribution in [3.63, 3.8) is 0 Å². The summed E-state index contributed by atoms with van der Waals surface area (Å²) in [5, 5.41) is 14.2. The van der Waals surface area contributed by atoms with Gasteiger partial charge >= 0.3 is 0 Å². The smallest absolute Gasteiger partial charge is 0.289 e. The lowest BCUT2D eigenvalue weighted by atomic mass is 9.87. The van der Waals surface area contributed by atoms with Crippen LogP contribution in [0.1, 0.15) is 36.8 Å². The number of nitrogens with zero attached hydrogens (tertiary/aromatic N) is 2. The van der Waals surface area contributed by atoms with Crippen LogP contribution in [0.4, 0.5) is 11.4 Å². The van der Waals surface area contributed by atoms with Gasteiger partial charge in [-0.25, -0.2) is 0 Å². The number of nitroso groups, excluding NO2 is 1. The number of anilines is 1. The fourth-order valence-electron chi connectivity index (χ4n) is 4.11. The van der Waals surface area contributed by atoms with E-state index in [0.29, 0.717) is 22.8 Å². The largest absolute Gasteiger partial charge is 0.754 e. The summed E-state index contributed by atoms with van der Waals surface area (Å²) in [5.41, 5.74) is 5.98. The van der Waals surface area contributed by atoms with E-state index in [0.717, 1.165) is 57.8 Å². The molecule has 0 spiro atoms. The number of para-hydroxylation sites is 2. The zero-order valence-corrected chi connectivity index (χ0v) is 14.3. The van der Waals surface area contributed by atoms with Crippen LogP contribution in [-0.4, -0.2) is 4.76 Å². The maximum absolute atomic E-state index is 13.3. The summed E-state index contributed by atoms with van der Waals surface area (Å²) in [6.07, 6.45) is 7.79. The van der Waals surface area contributed by atoms with Crippen LogP contribution >= 0.6 is 0 Å². The summed E-state index contributed by atoms with van der Waals surface area (Å²) in [6.45, 7) is 0. The molecule has 4 heteroatoms. The first-order valence-electron chi connectivity index (χ1n) is 9.03. The fraction of sp³-hybridized carbons (Fsp3) is 0.182. The first kappa shape index (κ1) is 15.3. The van der Waals surface area contributed by atoms with E-state index >= 15 is 0 Å². The van der Waals surface area contributed by atoms with Crippen LogP contribution in [0.25, 0.3) is 12.2 Å². The molecule has 2 aliphatic heterocycles. The minimum Gasteiger partial charge on any atom is -0.754 e. The van der Waals surface area contributed by atoms with Crippen molar-refractivity contribution >= 4 is 23.5 Å². The summed E-state index contributed by atoms with van der Waals surface area (Å²) in [4.78, 5) is 13.3. The molecule has 3 aliphatic rings. The highest BCUT2D eigenvalue weighted by atomic mass is 16.5. The number of hydrogen-bond donors (Lipinski definition) is 0. The van der Waals surface area contributed by atoms with Gasteiger partial charge in [-0.2, -0.15) is 0 Å². The van der Waals surface area contributed by atoms with E-state index in [1.54, 1.807) is 0 Å². The molecule has 0 saturated heterocycles. The average Bonchev–Trinajstić information content (AvgIpc) is 2.65. The molecule has 128 valence electrons. The van der Waals surface area contributed by atoms with E-state index in [-0.39, 0.29) is 0 Å². The number of rotatable bonds is 0. The van der Waals surface area contributed by atoms with Crippen molar-refractivity contribution < 1.29 is 4.76 Å². The first-order chi connectivity index (χ1) is 12.7. The molecule has 0 atom stereocenters. The standard InChI is InChI=1S/C22H18N2O2/c25-23-19-11-5-3-7-15(19)13-17-9-1-2-10-18-14-16-8-4-6-12-20(16)24(26)22(18)21(17)23/h3-8,11-14H,1-2,9-10H2. The predicted octanol–water partition coefficient (Wildman–Crippen LogP) is 5.68. The summed E-state index contributed by atoms with van der Waals surface area (Å²) < 4.78 is 0.956. The van der Waals surface area contributed by atoms with Crippen LogP contribution in [0.2, 0.25) is 0 Å². The quantitative estimate of drug-likeness (QED) is 0.579. The van der Waals surface area contributed by atoms with E-state index in [2.05, 4.69) is 12.2 Å². The Hall–Kier alpha value is -2.98. The van der Waals surface area contributed by atoms with Crippen LogP contribution in [0.5, 0.6) is 0 Å². The van der Waals surface area contributed by atoms with Crippen molar-refractivity contribution in [2.24, 2.45) is 0 Å². The Morgan fingerprint density at radius 1 is 0.846 bits per heavy atom. The van der Waals surface area contributed by atoms with E-state index < -0.39 is 0 Å². The monoisotopic (exact) mass is 342 g/mol. The Morgan fingerprint density at radius 2 is 1.50 bits per heavy atom. The third-order valence-electron chi connectivity index (χ3n) is 5.35. The normalized spacial score (nSPS) is 18.7. The third kappa shape index (κ3) is 2.19. The van der Waals surface area contributed by atoms with E-state index in [9.17, 15) is 10.1 Å². The number of hydroxylamine groups is 1. The summed E-state index contributed by atoms with van der Waals surface area (Å²) in [7, 11) is 0. The van der Waals surface area contributed by atoms with Gasteiger partial charge < -0.3 is 10.3 Å². The summed E-state index contributed by atoms with van der Waals surface area (Å²) in [6, 6.07) is 15.1. The Bertz CT molecular complexity index is 1030. The molecule has 0 radical (unpaired) electrons. The molecule has 0 N–H and O–H groups in total. The van der Waals surface area contributed by atoms with Gasteiger partial charge in [-0.05, 0) is 61.1 Å². The van der Waals surface area contributed by atoms with Gasteiger partial charge in [0.1, 0.15) is 5.70 Å². The molecule has 0 bridgehead atoms. The number of hydrogen-bond acceptors (Lipinski definition) is 3. The van der Waals surface area contributed by atoms with Crippen molar-refractivity contribution in [2.45, 2.75) is 25.7 Å². The number of benzene rings is 2. The minimum absolute atomic E-state index is 0.513. The van der Waals surface area contributed by atoms with Crippen molar-refractivity contribution in [3.05, 3.63) is 92.3 Å². The van der Waals surface area contributed by atoms with Crippen molar-refractivity contribution in [1.82, 2.24) is 0 Å². The molecular formula is C22H18N2O2. The summed E-state index contributed by atoms with van der Waals surface area (Å²) >= 11 is 0. The van der Waals surface area contributed by atoms with E-state index in [4.69, 9.17) is 0 Å². The van der Waals surface area contributed by atoms with Crippen LogP contribution in [-0.2, 0) is 0 Å². The lowest BCUT2D eigenvalue weighted by Gasteiger charge is -2.39. The molecule has 26 heavy (non-hydrogen) atoms. The first-order valence-corrected chi connectivity index (χ1v) is 9.03. The van der Waals surface area contributed by atoms with Crippen LogP contribution < -0.4 is 5.06 Å². The Morgan fingerprint density at radius 3 is 2.35 bits per heavy atom. The predicted molar refractivity (Wildman–Crippen MR) is 103 cm³/mol. The maximum Gasteiger partial charge on any atom is 0.289 e. The molecule has 0 aromatic heterocycles. The minimum atomic E-state index is 0.513. The van der Waals surface area contributed by atoms with Gasteiger partial charge in [-0.15, -0.1) is 0 Å². The lowest BCUT2D eigenvalue weighted by molar-refractivity contribution is -0.405. The summed E-state index contributed by atoms with van der Waals surface area (Å²) in [5.74, 6) is 0. The molecule has 2 aromatic rings. The Kier molecular flexibility index (Phi) is 3.40. The van der Waals surface area contributed by atoms with Gasteiger partial charge in [0.2, 0.25) is 0 Å². The van der Waals surface area contributed by atoms with Crippen molar-refractivity contribution in [1.29, 1.82) is 0 Å². The topological polar surface area (TPSA) is 46.4 Å². The zero-order chi connectivity index (χ0) is 17.7. The van der Waals surface area contributed by atoms with E-state index in [1.807, 2.05) is 48.5 Å². The van der Waals surface area contributed by atoms with Gasteiger partial charge in [0.25, 0.3) is 11.4 Å². The molecule has 0 saturated carbocycles. The van der Waals surface area contributed by atoms with Crippen LogP contribution in [0.3, 0.4) is 0 Å². The van der Waals surface area contributed by atoms with Crippen molar-refractivity contribution in [3.8, 4) is 0 Å². The van der Waals surface area contributed by atoms with Gasteiger partial charge in [0, 0.05) is 22.2 Å². The highest BCUT2D eigenvalue weighted by molar-refractivity contribution is 5.82. The average molecular weight is 342 g/mol. The molecule has 5 rings (SSSR count). The zero-order valence-electron chi connectivity index (χ0n) is 14.3. The Labute approximate surface area is 151 Å². The molecule has 0 unspecified atom stereocenters. The molecular weight excluding hydrogens is 324 g/mol. The molecule has 2 heterocycles. The van der Waals surface area contributed by atoms with Gasteiger partial charge in [0.15, 0.2) is 0 Å². The van der Waals surface area contributed by atoms with Gasteiger partial charge in [0.05, 0.1) is 10.3 Å². The molecule has 0 fully saturated rings. The number of fused-ring (bicyclic) bond motifs is 4.